The first-order chi connectivity index (χ1) is 13.2. The third-order valence-electron chi connectivity index (χ3n) is 5.28. The number of rotatable bonds is 7. The maximum atomic E-state index is 6.26. The van der Waals surface area contributed by atoms with Gasteiger partial charge in [-0.25, -0.2) is 0 Å². The predicted octanol–water partition coefficient (Wildman–Crippen LogP) is 3.26. The van der Waals surface area contributed by atoms with Crippen LogP contribution in [0, 0.1) is 0 Å². The van der Waals surface area contributed by atoms with E-state index in [4.69, 9.17) is 21.3 Å². The molecule has 1 atom stereocenters. The van der Waals surface area contributed by atoms with Crippen LogP contribution in [0.15, 0.2) is 29.3 Å². The molecule has 8 heteroatoms. The quantitative estimate of drug-likeness (QED) is 0.317. The largest absolute Gasteiger partial charge is 0.379 e. The highest BCUT2D eigenvalue weighted by Crippen LogP contribution is 2.34. The van der Waals surface area contributed by atoms with E-state index in [0.717, 1.165) is 69.1 Å². The Morgan fingerprint density at radius 3 is 2.75 bits per heavy atom. The molecule has 5 nitrogen and oxygen atoms in total. The molecular weight excluding hydrogens is 507 g/mol. The highest BCUT2D eigenvalue weighted by molar-refractivity contribution is 14.0. The van der Waals surface area contributed by atoms with Crippen LogP contribution in [0.2, 0.25) is 5.02 Å². The molecule has 1 aromatic rings. The van der Waals surface area contributed by atoms with Crippen molar-refractivity contribution in [2.24, 2.45) is 4.99 Å². The Labute approximate surface area is 195 Å². The first-order valence-electron chi connectivity index (χ1n) is 9.90. The summed E-state index contributed by atoms with van der Waals surface area (Å²) in [5.74, 6) is 3.29. The van der Waals surface area contributed by atoms with Gasteiger partial charge in [-0.05, 0) is 37.1 Å². The Kier molecular flexibility index (Phi) is 10.7. The molecule has 0 aliphatic carbocycles. The summed E-state index contributed by atoms with van der Waals surface area (Å²) >= 11 is 8.31. The van der Waals surface area contributed by atoms with Crippen LogP contribution >= 0.6 is 47.3 Å². The van der Waals surface area contributed by atoms with Crippen molar-refractivity contribution in [1.29, 1.82) is 0 Å². The first kappa shape index (κ1) is 24.1. The number of nitrogens with zero attached hydrogens (tertiary/aromatic N) is 2. The predicted molar refractivity (Wildman–Crippen MR) is 132 cm³/mol. The van der Waals surface area contributed by atoms with Gasteiger partial charge in [-0.1, -0.05) is 29.8 Å². The van der Waals surface area contributed by atoms with Crippen molar-refractivity contribution in [3.63, 3.8) is 0 Å². The molecule has 0 aromatic heterocycles. The first-order valence-corrected chi connectivity index (χ1v) is 11.4. The number of guanidine groups is 1. The Morgan fingerprint density at radius 2 is 2.07 bits per heavy atom. The SMILES string of the molecule is CCNC(=NCC1(N2CCOCC2)CCSC1)NCCc1ccccc1Cl.I. The number of morpholine rings is 1. The normalized spacial score (nSPS) is 23.3. The van der Waals surface area contributed by atoms with Crippen molar-refractivity contribution in [3.8, 4) is 0 Å². The lowest BCUT2D eigenvalue weighted by molar-refractivity contribution is -0.0104. The van der Waals surface area contributed by atoms with Crippen molar-refractivity contribution in [2.45, 2.75) is 25.3 Å². The summed E-state index contributed by atoms with van der Waals surface area (Å²) in [6, 6.07) is 8.02. The van der Waals surface area contributed by atoms with E-state index in [1.165, 1.54) is 17.7 Å². The number of nitrogens with one attached hydrogen (secondary N) is 2. The summed E-state index contributed by atoms with van der Waals surface area (Å²) in [4.78, 5) is 7.57. The zero-order valence-corrected chi connectivity index (χ0v) is 20.5. The fraction of sp³-hybridized carbons (Fsp3) is 0.650. The van der Waals surface area contributed by atoms with Crippen LogP contribution in [-0.2, 0) is 11.2 Å². The molecule has 2 aliphatic rings. The summed E-state index contributed by atoms with van der Waals surface area (Å²) in [7, 11) is 0. The van der Waals surface area contributed by atoms with Gasteiger partial charge in [0.15, 0.2) is 5.96 Å². The maximum Gasteiger partial charge on any atom is 0.191 e. The van der Waals surface area contributed by atoms with Crippen molar-refractivity contribution in [3.05, 3.63) is 34.9 Å². The van der Waals surface area contributed by atoms with Crippen LogP contribution in [0.3, 0.4) is 0 Å². The number of ether oxygens (including phenoxy) is 1. The molecule has 158 valence electrons. The molecule has 0 radical (unpaired) electrons. The van der Waals surface area contributed by atoms with Crippen LogP contribution in [0.5, 0.6) is 0 Å². The van der Waals surface area contributed by atoms with Gasteiger partial charge in [-0.3, -0.25) is 9.89 Å². The molecule has 0 bridgehead atoms. The highest BCUT2D eigenvalue weighted by Gasteiger charge is 2.40. The van der Waals surface area contributed by atoms with Gasteiger partial charge >= 0.3 is 0 Å². The number of thioether (sulfide) groups is 1. The van der Waals surface area contributed by atoms with Crippen LogP contribution < -0.4 is 10.6 Å². The zero-order chi connectivity index (χ0) is 19.0. The van der Waals surface area contributed by atoms with Crippen LogP contribution in [-0.4, -0.2) is 73.8 Å². The fourth-order valence-corrected chi connectivity index (χ4v) is 5.39. The second-order valence-electron chi connectivity index (χ2n) is 7.09. The van der Waals surface area contributed by atoms with E-state index in [0.29, 0.717) is 0 Å². The minimum absolute atomic E-state index is 0. The Hall–Kier alpha value is -0.220. The Balaban J connectivity index is 0.00000280. The standard InChI is InChI=1S/C20H31ClN4OS.HI/c1-2-22-19(23-9-7-17-5-3-4-6-18(17)21)24-15-20(8-14-27-16-20)25-10-12-26-13-11-25;/h3-6H,2,7-16H2,1H3,(H2,22,23,24);1H. The molecule has 2 heterocycles. The molecule has 0 amide bonds. The molecule has 1 aromatic carbocycles. The third-order valence-corrected chi connectivity index (χ3v) is 6.89. The van der Waals surface area contributed by atoms with E-state index in [2.05, 4.69) is 28.5 Å². The lowest BCUT2D eigenvalue weighted by atomic mass is 9.96. The van der Waals surface area contributed by atoms with Crippen molar-refractivity contribution in [1.82, 2.24) is 15.5 Å². The number of benzene rings is 1. The third kappa shape index (κ3) is 6.65. The molecule has 28 heavy (non-hydrogen) atoms. The molecule has 3 rings (SSSR count). The van der Waals surface area contributed by atoms with Crippen LogP contribution in [0.4, 0.5) is 0 Å². The van der Waals surface area contributed by atoms with E-state index in [1.54, 1.807) is 0 Å². The minimum Gasteiger partial charge on any atom is -0.379 e. The Morgan fingerprint density at radius 1 is 1.29 bits per heavy atom. The van der Waals surface area contributed by atoms with Crippen LogP contribution in [0.1, 0.15) is 18.9 Å². The second kappa shape index (κ2) is 12.5. The lowest BCUT2D eigenvalue weighted by Gasteiger charge is -2.42. The summed E-state index contributed by atoms with van der Waals surface area (Å²) in [6.07, 6.45) is 2.09. The molecule has 2 fully saturated rings. The summed E-state index contributed by atoms with van der Waals surface area (Å²) in [6.45, 7) is 8.33. The molecule has 2 N–H and O–H groups in total. The summed E-state index contributed by atoms with van der Waals surface area (Å²) < 4.78 is 5.55. The topological polar surface area (TPSA) is 48.9 Å². The molecule has 0 saturated carbocycles. The second-order valence-corrected chi connectivity index (χ2v) is 8.60. The minimum atomic E-state index is 0. The maximum absolute atomic E-state index is 6.26. The van der Waals surface area contributed by atoms with Gasteiger partial charge < -0.3 is 15.4 Å². The zero-order valence-electron chi connectivity index (χ0n) is 16.6. The van der Waals surface area contributed by atoms with E-state index in [-0.39, 0.29) is 29.5 Å². The van der Waals surface area contributed by atoms with E-state index >= 15 is 0 Å². The fourth-order valence-electron chi connectivity index (χ4n) is 3.69. The molecule has 2 aliphatic heterocycles. The highest BCUT2D eigenvalue weighted by atomic mass is 127. The number of aliphatic imine (C=N–C) groups is 1. The average Bonchev–Trinajstić information content (AvgIpc) is 3.18. The van der Waals surface area contributed by atoms with Crippen LogP contribution in [0.25, 0.3) is 0 Å². The van der Waals surface area contributed by atoms with Gasteiger partial charge in [0.05, 0.1) is 25.3 Å². The van der Waals surface area contributed by atoms with Gasteiger partial charge in [-0.2, -0.15) is 11.8 Å². The monoisotopic (exact) mass is 538 g/mol. The van der Waals surface area contributed by atoms with E-state index in [9.17, 15) is 0 Å². The van der Waals surface area contributed by atoms with Gasteiger partial charge in [0.1, 0.15) is 0 Å². The van der Waals surface area contributed by atoms with Gasteiger partial charge in [0.2, 0.25) is 0 Å². The van der Waals surface area contributed by atoms with E-state index in [1.807, 2.05) is 30.0 Å². The summed E-state index contributed by atoms with van der Waals surface area (Å²) in [5.41, 5.74) is 1.35. The van der Waals surface area contributed by atoms with Crippen molar-refractivity contribution in [2.75, 3.05) is 57.4 Å². The van der Waals surface area contributed by atoms with Gasteiger partial charge in [0.25, 0.3) is 0 Å². The lowest BCUT2D eigenvalue weighted by Crippen LogP contribution is -2.56. The molecule has 1 unspecified atom stereocenters. The number of hydrogen-bond acceptors (Lipinski definition) is 4. The molecular formula is C20H32ClIN4OS. The molecule has 0 spiro atoms. The average molecular weight is 539 g/mol. The van der Waals surface area contributed by atoms with Crippen molar-refractivity contribution >= 4 is 53.3 Å². The number of hydrogen-bond donors (Lipinski definition) is 2. The Bertz CT molecular complexity index is 622. The van der Waals surface area contributed by atoms with Crippen molar-refractivity contribution < 1.29 is 4.74 Å². The van der Waals surface area contributed by atoms with E-state index < -0.39 is 0 Å². The number of halogens is 2. The van der Waals surface area contributed by atoms with Gasteiger partial charge in [0, 0.05) is 37.0 Å². The molecule has 2 saturated heterocycles. The van der Waals surface area contributed by atoms with Gasteiger partial charge in [-0.15, -0.1) is 24.0 Å². The summed E-state index contributed by atoms with van der Waals surface area (Å²) in [5, 5.41) is 7.68. The smallest absolute Gasteiger partial charge is 0.191 e.